The van der Waals surface area contributed by atoms with Crippen LogP contribution in [0.3, 0.4) is 0 Å². The minimum atomic E-state index is -1.20. The van der Waals surface area contributed by atoms with Crippen molar-refractivity contribution < 1.29 is 9.90 Å². The molecular weight excluding hydrogens is 264 g/mol. The largest absolute Gasteiger partial charge is 0.481 e. The van der Waals surface area contributed by atoms with Crippen LogP contribution in [0.1, 0.15) is 85.5 Å². The fraction of sp³-hybridized carbons (Fsp3) is 0.941. The number of hydrogen-bond donors (Lipinski definition) is 1. The molecule has 20 heavy (non-hydrogen) atoms. The lowest BCUT2D eigenvalue weighted by atomic mass is 9.96. The zero-order valence-electron chi connectivity index (χ0n) is 14.2. The van der Waals surface area contributed by atoms with E-state index in [1.54, 1.807) is 0 Å². The van der Waals surface area contributed by atoms with E-state index in [0.717, 1.165) is 32.1 Å². The van der Waals surface area contributed by atoms with Crippen molar-refractivity contribution in [1.82, 2.24) is 0 Å². The topological polar surface area (TPSA) is 37.3 Å². The van der Waals surface area contributed by atoms with E-state index < -0.39 is 14.8 Å². The Morgan fingerprint density at radius 2 is 1.45 bits per heavy atom. The van der Waals surface area contributed by atoms with Crippen molar-refractivity contribution in [3.63, 3.8) is 0 Å². The molecule has 2 nitrogen and oxygen atoms in total. The average molecular weight is 301 g/mol. The van der Waals surface area contributed by atoms with E-state index in [9.17, 15) is 9.90 Å². The lowest BCUT2D eigenvalue weighted by molar-refractivity contribution is -0.141. The molecule has 0 aromatic carbocycles. The summed E-state index contributed by atoms with van der Waals surface area (Å²) >= 11 is 0. The summed E-state index contributed by atoms with van der Waals surface area (Å²) in [5.74, 6) is -0.492. The Hall–Kier alpha value is -0.313. The van der Waals surface area contributed by atoms with Crippen molar-refractivity contribution in [2.45, 2.75) is 103 Å². The Kier molecular flexibility index (Phi) is 11.2. The highest BCUT2D eigenvalue weighted by Gasteiger charge is 2.43. The van der Waals surface area contributed by atoms with E-state index in [1.165, 1.54) is 37.8 Å². The van der Waals surface area contributed by atoms with Crippen LogP contribution in [0.4, 0.5) is 0 Å². The van der Waals surface area contributed by atoms with Gasteiger partial charge in [-0.15, -0.1) is 0 Å². The standard InChI is InChI=1S/C17H36O2Si/c1-5-9-10-11-12-13-17(8-4,16(18)19)20(14-6-2)15-7-3/h20H,5-15H2,1-4H3,(H,18,19). The normalized spacial score (nSPS) is 14.4. The Morgan fingerprint density at radius 1 is 0.900 bits per heavy atom. The molecule has 0 aliphatic carbocycles. The quantitative estimate of drug-likeness (QED) is 0.353. The van der Waals surface area contributed by atoms with Gasteiger partial charge in [-0.3, -0.25) is 4.79 Å². The Balaban J connectivity index is 4.73. The Morgan fingerprint density at radius 3 is 1.85 bits per heavy atom. The molecule has 0 bridgehead atoms. The molecule has 120 valence electrons. The first-order valence-electron chi connectivity index (χ1n) is 8.82. The van der Waals surface area contributed by atoms with Gasteiger partial charge in [-0.05, 0) is 12.8 Å². The van der Waals surface area contributed by atoms with Crippen molar-refractivity contribution in [3.8, 4) is 0 Å². The van der Waals surface area contributed by atoms with Crippen LogP contribution in [0.5, 0.6) is 0 Å². The van der Waals surface area contributed by atoms with Gasteiger partial charge in [0.15, 0.2) is 0 Å². The van der Waals surface area contributed by atoms with Gasteiger partial charge in [-0.2, -0.15) is 0 Å². The molecule has 0 aromatic heterocycles. The molecule has 1 atom stereocenters. The predicted octanol–water partition coefficient (Wildman–Crippen LogP) is 5.63. The second kappa shape index (κ2) is 11.4. The van der Waals surface area contributed by atoms with Gasteiger partial charge in [0.1, 0.15) is 0 Å². The number of carboxylic acid groups (broad SMARTS) is 1. The van der Waals surface area contributed by atoms with Gasteiger partial charge in [0, 0.05) is 0 Å². The summed E-state index contributed by atoms with van der Waals surface area (Å²) in [4.78, 5) is 12.0. The number of aliphatic carboxylic acids is 1. The van der Waals surface area contributed by atoms with Crippen molar-refractivity contribution in [2.75, 3.05) is 0 Å². The van der Waals surface area contributed by atoms with Crippen LogP contribution >= 0.6 is 0 Å². The summed E-state index contributed by atoms with van der Waals surface area (Å²) in [6.45, 7) is 8.74. The Bertz CT molecular complexity index is 249. The lowest BCUT2D eigenvalue weighted by Gasteiger charge is -2.36. The number of rotatable bonds is 13. The van der Waals surface area contributed by atoms with E-state index in [-0.39, 0.29) is 5.04 Å². The van der Waals surface area contributed by atoms with Crippen LogP contribution in [0, 0.1) is 0 Å². The maximum absolute atomic E-state index is 12.0. The van der Waals surface area contributed by atoms with Crippen LogP contribution < -0.4 is 0 Å². The third-order valence-electron chi connectivity index (χ3n) is 4.84. The lowest BCUT2D eigenvalue weighted by Crippen LogP contribution is -2.39. The van der Waals surface area contributed by atoms with Gasteiger partial charge in [-0.1, -0.05) is 84.7 Å². The first-order valence-corrected chi connectivity index (χ1v) is 11.0. The summed E-state index contributed by atoms with van der Waals surface area (Å²) < 4.78 is 0. The molecule has 0 aliphatic heterocycles. The zero-order valence-corrected chi connectivity index (χ0v) is 15.4. The third kappa shape index (κ3) is 5.98. The highest BCUT2D eigenvalue weighted by atomic mass is 28.3. The molecule has 0 saturated heterocycles. The molecular formula is C17H36O2Si. The summed E-state index contributed by atoms with van der Waals surface area (Å²) in [7, 11) is -1.20. The van der Waals surface area contributed by atoms with Gasteiger partial charge in [0.25, 0.3) is 0 Å². The SMILES string of the molecule is CCCCCCCC(CC)(C(=O)O)[SiH](CCC)CCC. The minimum Gasteiger partial charge on any atom is -0.481 e. The molecule has 0 amide bonds. The van der Waals surface area contributed by atoms with Crippen LogP contribution in [-0.2, 0) is 4.79 Å². The zero-order chi connectivity index (χ0) is 15.4. The van der Waals surface area contributed by atoms with Gasteiger partial charge in [0.05, 0.1) is 13.8 Å². The highest BCUT2D eigenvalue weighted by molar-refractivity contribution is 6.66. The van der Waals surface area contributed by atoms with Gasteiger partial charge < -0.3 is 5.11 Å². The average Bonchev–Trinajstić information content (AvgIpc) is 2.43. The van der Waals surface area contributed by atoms with Crippen molar-refractivity contribution in [3.05, 3.63) is 0 Å². The smallest absolute Gasteiger partial charge is 0.306 e. The number of carboxylic acids is 1. The van der Waals surface area contributed by atoms with E-state index >= 15 is 0 Å². The van der Waals surface area contributed by atoms with Gasteiger partial charge in [0.2, 0.25) is 0 Å². The Labute approximate surface area is 128 Å². The number of unbranched alkanes of at least 4 members (excludes halogenated alkanes) is 4. The van der Waals surface area contributed by atoms with Crippen molar-refractivity contribution in [2.24, 2.45) is 0 Å². The second-order valence-corrected chi connectivity index (χ2v) is 9.91. The third-order valence-corrected chi connectivity index (χ3v) is 9.89. The van der Waals surface area contributed by atoms with Crippen LogP contribution in [0.2, 0.25) is 17.1 Å². The predicted molar refractivity (Wildman–Crippen MR) is 91.3 cm³/mol. The number of hydrogen-bond acceptors (Lipinski definition) is 1. The fourth-order valence-corrected chi connectivity index (χ4v) is 7.87. The summed E-state index contributed by atoms with van der Waals surface area (Å²) in [6, 6.07) is 2.39. The van der Waals surface area contributed by atoms with Crippen LogP contribution in [-0.4, -0.2) is 19.9 Å². The molecule has 0 heterocycles. The molecule has 0 aromatic rings. The van der Waals surface area contributed by atoms with Gasteiger partial charge >= 0.3 is 5.97 Å². The second-order valence-electron chi connectivity index (χ2n) is 6.25. The minimum absolute atomic E-state index is 0.335. The fourth-order valence-electron chi connectivity index (χ4n) is 3.54. The first-order chi connectivity index (χ1) is 9.58. The number of carbonyl (C=O) groups is 1. The summed E-state index contributed by atoms with van der Waals surface area (Å²) in [5.41, 5.74) is 0. The maximum atomic E-state index is 12.0. The van der Waals surface area contributed by atoms with Crippen molar-refractivity contribution in [1.29, 1.82) is 0 Å². The summed E-state index contributed by atoms with van der Waals surface area (Å²) in [5, 5.41) is 9.55. The van der Waals surface area contributed by atoms with E-state index in [1.807, 2.05) is 0 Å². The molecule has 0 aliphatic rings. The molecule has 0 rings (SSSR count). The van der Waals surface area contributed by atoms with Crippen LogP contribution in [0.15, 0.2) is 0 Å². The molecule has 1 unspecified atom stereocenters. The first kappa shape index (κ1) is 19.7. The van der Waals surface area contributed by atoms with E-state index in [2.05, 4.69) is 27.7 Å². The molecule has 0 spiro atoms. The van der Waals surface area contributed by atoms with Crippen LogP contribution in [0.25, 0.3) is 0 Å². The molecule has 1 N–H and O–H groups in total. The van der Waals surface area contributed by atoms with E-state index in [0.29, 0.717) is 0 Å². The highest BCUT2D eigenvalue weighted by Crippen LogP contribution is 2.44. The molecule has 0 fully saturated rings. The molecule has 0 saturated carbocycles. The summed E-state index contributed by atoms with van der Waals surface area (Å²) in [6.07, 6.45) is 10.2. The maximum Gasteiger partial charge on any atom is 0.306 e. The van der Waals surface area contributed by atoms with Gasteiger partial charge in [-0.25, -0.2) is 0 Å². The van der Waals surface area contributed by atoms with E-state index in [4.69, 9.17) is 0 Å². The van der Waals surface area contributed by atoms with Crippen molar-refractivity contribution >= 4 is 14.8 Å². The molecule has 3 heteroatoms. The monoisotopic (exact) mass is 300 g/mol. The molecule has 0 radical (unpaired) electrons.